The maximum Gasteiger partial charge on any atom is 0.329 e. The Morgan fingerprint density at radius 2 is 1.90 bits per heavy atom. The van der Waals surface area contributed by atoms with Crippen LogP contribution in [-0.4, -0.2) is 51.8 Å². The molecule has 122 valence electrons. The van der Waals surface area contributed by atoms with Gasteiger partial charge in [0.15, 0.2) is 0 Å². The van der Waals surface area contributed by atoms with E-state index in [-0.39, 0.29) is 19.2 Å². The first-order valence-electron chi connectivity index (χ1n) is 7.79. The van der Waals surface area contributed by atoms with Crippen LogP contribution in [0, 0.1) is 5.92 Å². The van der Waals surface area contributed by atoms with E-state index in [1.165, 1.54) is 4.90 Å². The fourth-order valence-corrected chi connectivity index (χ4v) is 2.95. The van der Waals surface area contributed by atoms with Crippen molar-refractivity contribution in [3.63, 3.8) is 0 Å². The second-order valence-corrected chi connectivity index (χ2v) is 6.18. The summed E-state index contributed by atoms with van der Waals surface area (Å²) in [5.41, 5.74) is -1.16. The summed E-state index contributed by atoms with van der Waals surface area (Å²) in [6.45, 7) is 5.87. The zero-order valence-electron chi connectivity index (χ0n) is 13.3. The minimum atomic E-state index is -1.16. The van der Waals surface area contributed by atoms with Crippen molar-refractivity contribution >= 4 is 12.0 Å². The number of amides is 2. The molecule has 0 saturated heterocycles. The van der Waals surface area contributed by atoms with Gasteiger partial charge in [0.1, 0.15) is 5.54 Å². The molecule has 0 aromatic rings. The average molecular weight is 300 g/mol. The van der Waals surface area contributed by atoms with Gasteiger partial charge in [-0.2, -0.15) is 0 Å². The highest BCUT2D eigenvalue weighted by Crippen LogP contribution is 2.34. The van der Waals surface area contributed by atoms with Crippen LogP contribution in [0.15, 0.2) is 0 Å². The van der Waals surface area contributed by atoms with Gasteiger partial charge in [-0.05, 0) is 45.4 Å². The van der Waals surface area contributed by atoms with Gasteiger partial charge in [0.25, 0.3) is 0 Å². The molecule has 1 aliphatic rings. The summed E-state index contributed by atoms with van der Waals surface area (Å²) in [6.07, 6.45) is 3.64. The highest BCUT2D eigenvalue weighted by atomic mass is 16.4. The smallest absolute Gasteiger partial charge is 0.329 e. The first-order chi connectivity index (χ1) is 9.86. The van der Waals surface area contributed by atoms with Gasteiger partial charge >= 0.3 is 12.0 Å². The number of carbonyl (C=O) groups is 2. The number of nitrogens with zero attached hydrogens (tertiary/aromatic N) is 1. The summed E-state index contributed by atoms with van der Waals surface area (Å²) in [4.78, 5) is 25.5. The van der Waals surface area contributed by atoms with Gasteiger partial charge in [-0.3, -0.25) is 0 Å². The molecule has 1 rings (SSSR count). The Labute approximate surface area is 126 Å². The fraction of sp³-hybridized carbons (Fsp3) is 0.867. The summed E-state index contributed by atoms with van der Waals surface area (Å²) in [6, 6.07) is -0.494. The number of carboxylic acid groups (broad SMARTS) is 1. The Bertz CT molecular complexity index is 363. The summed E-state index contributed by atoms with van der Waals surface area (Å²) in [5.74, 6) is -0.411. The van der Waals surface area contributed by atoms with Gasteiger partial charge in [-0.25, -0.2) is 9.59 Å². The third kappa shape index (κ3) is 4.33. The molecule has 3 N–H and O–H groups in total. The normalized spacial score (nSPS) is 25.7. The van der Waals surface area contributed by atoms with Crippen LogP contribution in [0.1, 0.15) is 52.9 Å². The second-order valence-electron chi connectivity index (χ2n) is 6.18. The molecule has 1 saturated carbocycles. The average Bonchev–Trinajstić information content (AvgIpc) is 2.44. The number of rotatable bonds is 6. The number of aliphatic hydroxyl groups is 1. The van der Waals surface area contributed by atoms with Crippen molar-refractivity contribution in [1.29, 1.82) is 0 Å². The van der Waals surface area contributed by atoms with Crippen molar-refractivity contribution < 1.29 is 19.8 Å². The van der Waals surface area contributed by atoms with Crippen molar-refractivity contribution in [1.82, 2.24) is 10.2 Å². The number of carboxylic acids is 1. The maximum atomic E-state index is 12.3. The molecule has 0 aliphatic heterocycles. The zero-order chi connectivity index (χ0) is 16.0. The van der Waals surface area contributed by atoms with E-state index in [0.717, 1.165) is 19.3 Å². The first kappa shape index (κ1) is 17.8. The molecule has 0 spiro atoms. The van der Waals surface area contributed by atoms with Crippen molar-refractivity contribution in [2.45, 2.75) is 64.5 Å². The molecule has 0 bridgehead atoms. The van der Waals surface area contributed by atoms with Crippen LogP contribution in [0.2, 0.25) is 0 Å². The SMILES string of the molecule is CCC1CCC(NC(=O)N(CCO)C(C)C)(C(=O)O)CC1. The van der Waals surface area contributed by atoms with Crippen molar-refractivity contribution in [3.05, 3.63) is 0 Å². The van der Waals surface area contributed by atoms with Crippen LogP contribution in [0.3, 0.4) is 0 Å². The van der Waals surface area contributed by atoms with Gasteiger partial charge in [0, 0.05) is 12.6 Å². The number of aliphatic hydroxyl groups excluding tert-OH is 1. The Morgan fingerprint density at radius 1 is 1.33 bits per heavy atom. The van der Waals surface area contributed by atoms with Gasteiger partial charge in [-0.1, -0.05) is 13.3 Å². The Hall–Kier alpha value is -1.30. The van der Waals surface area contributed by atoms with Crippen LogP contribution in [0.4, 0.5) is 4.79 Å². The van der Waals surface area contributed by atoms with Crippen LogP contribution in [0.5, 0.6) is 0 Å². The number of aliphatic carboxylic acids is 1. The first-order valence-corrected chi connectivity index (χ1v) is 7.79. The lowest BCUT2D eigenvalue weighted by molar-refractivity contribution is -0.146. The van der Waals surface area contributed by atoms with E-state index in [1.807, 2.05) is 13.8 Å². The van der Waals surface area contributed by atoms with E-state index in [0.29, 0.717) is 18.8 Å². The van der Waals surface area contributed by atoms with Crippen molar-refractivity contribution in [2.75, 3.05) is 13.2 Å². The molecule has 21 heavy (non-hydrogen) atoms. The van der Waals surface area contributed by atoms with E-state index >= 15 is 0 Å². The third-order valence-electron chi connectivity index (χ3n) is 4.52. The molecule has 6 nitrogen and oxygen atoms in total. The summed E-state index contributed by atoms with van der Waals surface area (Å²) >= 11 is 0. The number of urea groups is 1. The number of hydrogen-bond donors (Lipinski definition) is 3. The molecule has 0 atom stereocenters. The topological polar surface area (TPSA) is 89.9 Å². The molecule has 2 amide bonds. The quantitative estimate of drug-likeness (QED) is 0.698. The number of nitrogens with one attached hydrogen (secondary N) is 1. The van der Waals surface area contributed by atoms with Gasteiger partial charge < -0.3 is 20.4 Å². The monoisotopic (exact) mass is 300 g/mol. The lowest BCUT2D eigenvalue weighted by atomic mass is 9.75. The zero-order valence-corrected chi connectivity index (χ0v) is 13.3. The maximum absolute atomic E-state index is 12.3. The summed E-state index contributed by atoms with van der Waals surface area (Å²) in [5, 5.41) is 21.3. The molecule has 0 heterocycles. The Kier molecular flexibility index (Phi) is 6.45. The molecule has 1 fully saturated rings. The van der Waals surface area contributed by atoms with Crippen LogP contribution >= 0.6 is 0 Å². The predicted octanol–water partition coefficient (Wildman–Crippen LogP) is 1.82. The molecular weight excluding hydrogens is 272 g/mol. The van der Waals surface area contributed by atoms with E-state index in [2.05, 4.69) is 12.2 Å². The van der Waals surface area contributed by atoms with E-state index < -0.39 is 17.5 Å². The number of hydrogen-bond acceptors (Lipinski definition) is 3. The standard InChI is InChI=1S/C15H28N2O4/c1-4-12-5-7-15(8-6-12,13(19)20)16-14(21)17(9-10-18)11(2)3/h11-12,18H,4-10H2,1-3H3,(H,16,21)(H,19,20). The van der Waals surface area contributed by atoms with Gasteiger partial charge in [0.2, 0.25) is 0 Å². The third-order valence-corrected chi connectivity index (χ3v) is 4.52. The molecule has 1 aliphatic carbocycles. The van der Waals surface area contributed by atoms with Crippen LogP contribution in [-0.2, 0) is 4.79 Å². The Balaban J connectivity index is 2.79. The largest absolute Gasteiger partial charge is 0.480 e. The number of carbonyl (C=O) groups excluding carboxylic acids is 1. The van der Waals surface area contributed by atoms with Crippen molar-refractivity contribution in [2.24, 2.45) is 5.92 Å². The Morgan fingerprint density at radius 3 is 2.29 bits per heavy atom. The molecular formula is C15H28N2O4. The second kappa shape index (κ2) is 7.64. The minimum Gasteiger partial charge on any atom is -0.480 e. The molecule has 0 aromatic carbocycles. The molecule has 6 heteroatoms. The predicted molar refractivity (Wildman–Crippen MR) is 80.1 cm³/mol. The lowest BCUT2D eigenvalue weighted by Crippen LogP contribution is -2.60. The molecule has 0 radical (unpaired) electrons. The van der Waals surface area contributed by atoms with Gasteiger partial charge in [-0.15, -0.1) is 0 Å². The van der Waals surface area contributed by atoms with Gasteiger partial charge in [0.05, 0.1) is 6.61 Å². The van der Waals surface area contributed by atoms with E-state index in [4.69, 9.17) is 5.11 Å². The summed E-state index contributed by atoms with van der Waals surface area (Å²) in [7, 11) is 0. The minimum absolute atomic E-state index is 0.0880. The van der Waals surface area contributed by atoms with Crippen LogP contribution in [0.25, 0.3) is 0 Å². The fourth-order valence-electron chi connectivity index (χ4n) is 2.95. The van der Waals surface area contributed by atoms with Crippen molar-refractivity contribution in [3.8, 4) is 0 Å². The highest BCUT2D eigenvalue weighted by molar-refractivity contribution is 5.86. The van der Waals surface area contributed by atoms with E-state index in [9.17, 15) is 14.7 Å². The highest BCUT2D eigenvalue weighted by Gasteiger charge is 2.43. The van der Waals surface area contributed by atoms with E-state index in [1.54, 1.807) is 0 Å². The summed E-state index contributed by atoms with van der Waals surface area (Å²) < 4.78 is 0. The van der Waals surface area contributed by atoms with Crippen LogP contribution < -0.4 is 5.32 Å². The molecule has 0 aromatic heterocycles. The molecule has 0 unspecified atom stereocenters. The lowest BCUT2D eigenvalue weighted by Gasteiger charge is -2.39.